The molecule has 2 rings (SSSR count). The Morgan fingerprint density at radius 3 is 2.61 bits per heavy atom. The van der Waals surface area contributed by atoms with Crippen molar-refractivity contribution in [1.82, 2.24) is 4.31 Å². The second-order valence-electron chi connectivity index (χ2n) is 4.70. The third kappa shape index (κ3) is 3.94. The van der Waals surface area contributed by atoms with Crippen LogP contribution in [-0.2, 0) is 19.6 Å². The molecule has 1 aliphatic rings. The molecule has 0 spiro atoms. The summed E-state index contributed by atoms with van der Waals surface area (Å²) < 4.78 is 31.2. The summed E-state index contributed by atoms with van der Waals surface area (Å²) in [6, 6.07) is 3.32. The number of rotatable bonds is 6. The first-order chi connectivity index (χ1) is 10.8. The van der Waals surface area contributed by atoms with Gasteiger partial charge in [0.25, 0.3) is 5.69 Å². The van der Waals surface area contributed by atoms with Crippen LogP contribution in [0.15, 0.2) is 23.1 Å². The lowest BCUT2D eigenvalue weighted by atomic mass is 10.2. The Hall–Kier alpha value is -2.24. The third-order valence-electron chi connectivity index (χ3n) is 3.20. The number of hydrogen-bond acceptors (Lipinski definition) is 7. The molecule has 2 N–H and O–H groups in total. The molecule has 0 amide bonds. The summed E-state index contributed by atoms with van der Waals surface area (Å²) in [5.74, 6) is -1.19. The monoisotopic (exact) mass is 345 g/mol. The van der Waals surface area contributed by atoms with Gasteiger partial charge in [0.2, 0.25) is 10.0 Å². The number of anilines is 1. The molecule has 1 saturated heterocycles. The Kier molecular flexibility index (Phi) is 5.13. The summed E-state index contributed by atoms with van der Waals surface area (Å²) in [5, 5.41) is 22.1. The zero-order valence-electron chi connectivity index (χ0n) is 12.0. The Balaban J connectivity index is 2.34. The van der Waals surface area contributed by atoms with Crippen LogP contribution in [0.1, 0.15) is 0 Å². The van der Waals surface area contributed by atoms with Gasteiger partial charge in [-0.25, -0.2) is 8.42 Å². The number of nitrogens with zero attached hydrogens (tertiary/aromatic N) is 2. The van der Waals surface area contributed by atoms with E-state index in [0.29, 0.717) is 0 Å². The fourth-order valence-electron chi connectivity index (χ4n) is 2.08. The summed E-state index contributed by atoms with van der Waals surface area (Å²) >= 11 is 0. The molecule has 23 heavy (non-hydrogen) atoms. The highest BCUT2D eigenvalue weighted by atomic mass is 32.2. The lowest BCUT2D eigenvalue weighted by Crippen LogP contribution is -2.40. The molecule has 0 unspecified atom stereocenters. The van der Waals surface area contributed by atoms with Crippen LogP contribution in [0.3, 0.4) is 0 Å². The number of nitro benzene ring substituents is 1. The highest BCUT2D eigenvalue weighted by Crippen LogP contribution is 2.29. The molecule has 1 aromatic carbocycles. The van der Waals surface area contributed by atoms with Crippen LogP contribution >= 0.6 is 0 Å². The maximum atomic E-state index is 12.5. The van der Waals surface area contributed by atoms with E-state index < -0.39 is 33.1 Å². The number of ether oxygens (including phenoxy) is 1. The molecule has 10 nitrogen and oxygen atoms in total. The van der Waals surface area contributed by atoms with Gasteiger partial charge in [0, 0.05) is 19.2 Å². The predicted molar refractivity (Wildman–Crippen MR) is 78.8 cm³/mol. The van der Waals surface area contributed by atoms with E-state index in [2.05, 4.69) is 5.32 Å². The average Bonchev–Trinajstić information content (AvgIpc) is 2.53. The van der Waals surface area contributed by atoms with Gasteiger partial charge < -0.3 is 15.2 Å². The van der Waals surface area contributed by atoms with E-state index in [1.165, 1.54) is 16.4 Å². The first-order valence-electron chi connectivity index (χ1n) is 6.64. The topological polar surface area (TPSA) is 139 Å². The zero-order chi connectivity index (χ0) is 17.0. The summed E-state index contributed by atoms with van der Waals surface area (Å²) in [7, 11) is -3.86. The standard InChI is InChI=1S/C12H15N3O7S/c16-12(17)8-13-10-2-1-9(7-11(10)15(18)19)23(20,21)14-3-5-22-6-4-14/h1-2,7,13H,3-6,8H2,(H,16,17). The largest absolute Gasteiger partial charge is 0.480 e. The van der Waals surface area contributed by atoms with Crippen molar-refractivity contribution in [2.24, 2.45) is 0 Å². The van der Waals surface area contributed by atoms with Crippen molar-refractivity contribution in [3.8, 4) is 0 Å². The molecule has 0 aliphatic carbocycles. The lowest BCUT2D eigenvalue weighted by Gasteiger charge is -2.26. The van der Waals surface area contributed by atoms with Crippen LogP contribution in [0.25, 0.3) is 0 Å². The number of sulfonamides is 1. The van der Waals surface area contributed by atoms with E-state index in [4.69, 9.17) is 9.84 Å². The van der Waals surface area contributed by atoms with E-state index in [-0.39, 0.29) is 36.9 Å². The van der Waals surface area contributed by atoms with Gasteiger partial charge in [0.05, 0.1) is 23.0 Å². The minimum Gasteiger partial charge on any atom is -0.480 e. The molecule has 11 heteroatoms. The Bertz CT molecular complexity index is 713. The maximum absolute atomic E-state index is 12.5. The Labute approximate surface area is 131 Å². The molecule has 1 fully saturated rings. The first-order valence-corrected chi connectivity index (χ1v) is 8.08. The number of carboxylic acids is 1. The van der Waals surface area contributed by atoms with Gasteiger partial charge in [0.1, 0.15) is 12.2 Å². The van der Waals surface area contributed by atoms with E-state index >= 15 is 0 Å². The van der Waals surface area contributed by atoms with Gasteiger partial charge in [-0.1, -0.05) is 0 Å². The molecule has 126 valence electrons. The van der Waals surface area contributed by atoms with Crippen molar-refractivity contribution in [2.75, 3.05) is 38.2 Å². The third-order valence-corrected chi connectivity index (χ3v) is 5.10. The number of carbonyl (C=O) groups is 1. The SMILES string of the molecule is O=C(O)CNc1ccc(S(=O)(=O)N2CCOCC2)cc1[N+](=O)[O-]. The minimum absolute atomic E-state index is 0.0571. The highest BCUT2D eigenvalue weighted by Gasteiger charge is 2.28. The second kappa shape index (κ2) is 6.89. The second-order valence-corrected chi connectivity index (χ2v) is 6.64. The van der Waals surface area contributed by atoms with Crippen molar-refractivity contribution in [3.63, 3.8) is 0 Å². The van der Waals surface area contributed by atoms with Gasteiger partial charge in [-0.15, -0.1) is 0 Å². The molecule has 1 aromatic rings. The number of morpholine rings is 1. The minimum atomic E-state index is -3.86. The van der Waals surface area contributed by atoms with Crippen molar-refractivity contribution in [2.45, 2.75) is 4.90 Å². The number of benzene rings is 1. The van der Waals surface area contributed by atoms with Gasteiger partial charge in [0.15, 0.2) is 0 Å². The van der Waals surface area contributed by atoms with Crippen molar-refractivity contribution in [1.29, 1.82) is 0 Å². The fraction of sp³-hybridized carbons (Fsp3) is 0.417. The quantitative estimate of drug-likeness (QED) is 0.547. The fourth-order valence-corrected chi connectivity index (χ4v) is 3.51. The number of hydrogen-bond donors (Lipinski definition) is 2. The molecule has 0 saturated carbocycles. The van der Waals surface area contributed by atoms with E-state index in [0.717, 1.165) is 6.07 Å². The number of nitro groups is 1. The van der Waals surface area contributed by atoms with Crippen LogP contribution in [0, 0.1) is 10.1 Å². The van der Waals surface area contributed by atoms with Crippen molar-refractivity contribution >= 4 is 27.4 Å². The molecule has 1 aliphatic heterocycles. The van der Waals surface area contributed by atoms with Crippen LogP contribution in [-0.4, -0.2) is 61.6 Å². The molecular formula is C12H15N3O7S. The van der Waals surface area contributed by atoms with Gasteiger partial charge in [-0.05, 0) is 12.1 Å². The first kappa shape index (κ1) is 17.1. The summed E-state index contributed by atoms with van der Waals surface area (Å²) in [6.07, 6.45) is 0. The van der Waals surface area contributed by atoms with E-state index in [1.54, 1.807) is 0 Å². The van der Waals surface area contributed by atoms with E-state index in [1.807, 2.05) is 0 Å². The number of carboxylic acid groups (broad SMARTS) is 1. The predicted octanol–water partition coefficient (Wildman–Crippen LogP) is 0.112. The number of aliphatic carboxylic acids is 1. The molecular weight excluding hydrogens is 330 g/mol. The average molecular weight is 345 g/mol. The van der Waals surface area contributed by atoms with Crippen molar-refractivity contribution < 1.29 is 28.0 Å². The van der Waals surface area contributed by atoms with Gasteiger partial charge in [-0.3, -0.25) is 14.9 Å². The van der Waals surface area contributed by atoms with Gasteiger partial charge in [-0.2, -0.15) is 4.31 Å². The molecule has 0 radical (unpaired) electrons. The lowest BCUT2D eigenvalue weighted by molar-refractivity contribution is -0.384. The Morgan fingerprint density at radius 1 is 1.39 bits per heavy atom. The smallest absolute Gasteiger partial charge is 0.322 e. The van der Waals surface area contributed by atoms with Crippen LogP contribution in [0.4, 0.5) is 11.4 Å². The van der Waals surface area contributed by atoms with Gasteiger partial charge >= 0.3 is 5.97 Å². The summed E-state index contributed by atoms with van der Waals surface area (Å²) in [5.41, 5.74) is -0.557. The molecule has 1 heterocycles. The maximum Gasteiger partial charge on any atom is 0.322 e. The number of nitrogens with one attached hydrogen (secondary N) is 1. The van der Waals surface area contributed by atoms with Crippen LogP contribution < -0.4 is 5.32 Å². The van der Waals surface area contributed by atoms with E-state index in [9.17, 15) is 23.3 Å². The molecule has 0 bridgehead atoms. The van der Waals surface area contributed by atoms with Crippen LogP contribution in [0.5, 0.6) is 0 Å². The molecule has 0 aromatic heterocycles. The highest BCUT2D eigenvalue weighted by molar-refractivity contribution is 7.89. The Morgan fingerprint density at radius 2 is 2.04 bits per heavy atom. The normalized spacial score (nSPS) is 16.0. The van der Waals surface area contributed by atoms with Crippen LogP contribution in [0.2, 0.25) is 0 Å². The summed E-state index contributed by atoms with van der Waals surface area (Å²) in [4.78, 5) is 20.7. The zero-order valence-corrected chi connectivity index (χ0v) is 12.8. The molecule has 0 atom stereocenters. The van der Waals surface area contributed by atoms with Crippen molar-refractivity contribution in [3.05, 3.63) is 28.3 Å². The summed E-state index contributed by atoms with van der Waals surface area (Å²) in [6.45, 7) is 0.361.